The molecule has 0 aromatic rings. The van der Waals surface area contributed by atoms with Crippen molar-refractivity contribution < 1.29 is 9.96 Å². The van der Waals surface area contributed by atoms with Crippen molar-refractivity contribution in [2.75, 3.05) is 26.2 Å². The van der Waals surface area contributed by atoms with Crippen LogP contribution in [0, 0.1) is 0 Å². The molecule has 0 heterocycles. The van der Waals surface area contributed by atoms with Gasteiger partial charge >= 0.3 is 29.6 Å². The van der Waals surface area contributed by atoms with Gasteiger partial charge in [-0.05, 0) is 25.7 Å². The van der Waals surface area contributed by atoms with E-state index >= 15 is 0 Å². The van der Waals surface area contributed by atoms with E-state index < -0.39 is 0 Å². The standard InChI is InChI=1S/C16H36N.Na.H2O.H/c1-5-9-13-17(14-10-6-2,15-11-7-3)16-12-8-4;;;/h5-16H2,1-4H3;;1H2;/q+1;;;. The molecule has 0 aliphatic carbocycles. The summed E-state index contributed by atoms with van der Waals surface area (Å²) < 4.78 is 1.42. The minimum atomic E-state index is 0. The Kier molecular flexibility index (Phi) is 22.3. The summed E-state index contributed by atoms with van der Waals surface area (Å²) in [4.78, 5) is 0. The molecule has 2 N–H and O–H groups in total. The molecule has 0 rings (SSSR count). The average Bonchev–Trinajstić information content (AvgIpc) is 2.37. The summed E-state index contributed by atoms with van der Waals surface area (Å²) >= 11 is 0. The SMILES string of the molecule is CCCC[N+](CCCC)(CCCC)CCCC.O.[NaH]. The van der Waals surface area contributed by atoms with Gasteiger partial charge in [-0.3, -0.25) is 0 Å². The predicted molar refractivity (Wildman–Crippen MR) is 90.1 cm³/mol. The Hall–Kier alpha value is 0.920. The average molecular weight is 284 g/mol. The Morgan fingerprint density at radius 3 is 0.895 bits per heavy atom. The molecular formula is C16H39NNaO+. The minimum absolute atomic E-state index is 0. The summed E-state index contributed by atoms with van der Waals surface area (Å²) in [7, 11) is 0. The molecule has 0 aliphatic heterocycles. The van der Waals surface area contributed by atoms with E-state index in [4.69, 9.17) is 0 Å². The van der Waals surface area contributed by atoms with Crippen molar-refractivity contribution in [3.63, 3.8) is 0 Å². The van der Waals surface area contributed by atoms with Gasteiger partial charge in [-0.25, -0.2) is 0 Å². The Morgan fingerprint density at radius 2 is 0.737 bits per heavy atom. The van der Waals surface area contributed by atoms with Gasteiger partial charge < -0.3 is 9.96 Å². The summed E-state index contributed by atoms with van der Waals surface area (Å²) in [6.45, 7) is 15.0. The van der Waals surface area contributed by atoms with Crippen LogP contribution in [0.5, 0.6) is 0 Å². The summed E-state index contributed by atoms with van der Waals surface area (Å²) in [5.74, 6) is 0. The first-order valence-corrected chi connectivity index (χ1v) is 8.09. The molecule has 0 saturated carbocycles. The zero-order valence-corrected chi connectivity index (χ0v) is 13.4. The zero-order chi connectivity index (χ0) is 13.0. The molecule has 19 heavy (non-hydrogen) atoms. The van der Waals surface area contributed by atoms with Crippen LogP contribution in [0.3, 0.4) is 0 Å². The van der Waals surface area contributed by atoms with E-state index in [9.17, 15) is 0 Å². The number of quaternary nitrogens is 1. The molecule has 0 aromatic heterocycles. The van der Waals surface area contributed by atoms with Gasteiger partial charge in [0.2, 0.25) is 0 Å². The Morgan fingerprint density at radius 1 is 0.526 bits per heavy atom. The van der Waals surface area contributed by atoms with Crippen molar-refractivity contribution >= 4 is 29.6 Å². The zero-order valence-electron chi connectivity index (χ0n) is 13.4. The van der Waals surface area contributed by atoms with Crippen molar-refractivity contribution in [2.24, 2.45) is 0 Å². The molecule has 0 spiro atoms. The quantitative estimate of drug-likeness (QED) is 0.388. The maximum absolute atomic E-state index is 2.33. The van der Waals surface area contributed by atoms with Gasteiger partial charge in [-0.2, -0.15) is 0 Å². The third-order valence-electron chi connectivity index (χ3n) is 3.94. The fourth-order valence-corrected chi connectivity index (χ4v) is 2.64. The predicted octanol–water partition coefficient (Wildman–Crippen LogP) is 3.53. The van der Waals surface area contributed by atoms with E-state index in [-0.39, 0.29) is 35.0 Å². The molecule has 0 aromatic carbocycles. The normalized spacial score (nSPS) is 10.7. The van der Waals surface area contributed by atoms with Crippen LogP contribution in [0.2, 0.25) is 0 Å². The third-order valence-corrected chi connectivity index (χ3v) is 3.94. The second-order valence-electron chi connectivity index (χ2n) is 5.65. The first kappa shape index (κ1) is 24.9. The van der Waals surface area contributed by atoms with E-state index in [1.54, 1.807) is 0 Å². The monoisotopic (exact) mass is 284 g/mol. The van der Waals surface area contributed by atoms with Crippen LogP contribution < -0.4 is 0 Å². The van der Waals surface area contributed by atoms with Crippen LogP contribution in [0.1, 0.15) is 79.1 Å². The van der Waals surface area contributed by atoms with Gasteiger partial charge in [0.25, 0.3) is 0 Å². The van der Waals surface area contributed by atoms with E-state index in [2.05, 4.69) is 27.7 Å². The second-order valence-corrected chi connectivity index (χ2v) is 5.65. The van der Waals surface area contributed by atoms with E-state index in [0.717, 1.165) is 0 Å². The van der Waals surface area contributed by atoms with Crippen LogP contribution in [-0.4, -0.2) is 65.7 Å². The van der Waals surface area contributed by atoms with Crippen molar-refractivity contribution in [1.82, 2.24) is 0 Å². The first-order valence-electron chi connectivity index (χ1n) is 8.09. The van der Waals surface area contributed by atoms with Crippen molar-refractivity contribution in [1.29, 1.82) is 0 Å². The molecule has 0 aliphatic rings. The van der Waals surface area contributed by atoms with Gasteiger partial charge in [0.15, 0.2) is 0 Å². The van der Waals surface area contributed by atoms with Crippen LogP contribution >= 0.6 is 0 Å². The van der Waals surface area contributed by atoms with Gasteiger partial charge in [0.1, 0.15) is 0 Å². The molecule has 0 atom stereocenters. The Labute approximate surface area is 144 Å². The first-order chi connectivity index (χ1) is 8.24. The fraction of sp³-hybridized carbons (Fsp3) is 1.00. The number of hydrogen-bond acceptors (Lipinski definition) is 0. The molecule has 3 heteroatoms. The Balaban J connectivity index is -0.00000128. The Bertz CT molecular complexity index is 127. The number of unbranched alkanes of at least 4 members (excludes halogenated alkanes) is 4. The van der Waals surface area contributed by atoms with Gasteiger partial charge in [0, 0.05) is 0 Å². The van der Waals surface area contributed by atoms with Crippen LogP contribution in [0.15, 0.2) is 0 Å². The molecule has 0 bridgehead atoms. The molecule has 0 radical (unpaired) electrons. The fourth-order valence-electron chi connectivity index (χ4n) is 2.64. The number of rotatable bonds is 12. The van der Waals surface area contributed by atoms with E-state index in [1.165, 1.54) is 82.0 Å². The van der Waals surface area contributed by atoms with Crippen LogP contribution in [0.4, 0.5) is 0 Å². The molecule has 2 nitrogen and oxygen atoms in total. The summed E-state index contributed by atoms with van der Waals surface area (Å²) in [6, 6.07) is 0. The molecule has 0 amide bonds. The molecule has 114 valence electrons. The second kappa shape index (κ2) is 17.0. The molecule has 0 saturated heterocycles. The van der Waals surface area contributed by atoms with E-state index in [0.29, 0.717) is 0 Å². The van der Waals surface area contributed by atoms with Gasteiger partial charge in [-0.1, -0.05) is 53.4 Å². The van der Waals surface area contributed by atoms with Crippen molar-refractivity contribution in [3.8, 4) is 0 Å². The summed E-state index contributed by atoms with van der Waals surface area (Å²) in [6.07, 6.45) is 11.1. The molecule has 0 fully saturated rings. The molecular weight excluding hydrogens is 245 g/mol. The van der Waals surface area contributed by atoms with Crippen LogP contribution in [-0.2, 0) is 0 Å². The topological polar surface area (TPSA) is 31.5 Å². The molecule has 0 unspecified atom stereocenters. The van der Waals surface area contributed by atoms with Crippen molar-refractivity contribution in [3.05, 3.63) is 0 Å². The van der Waals surface area contributed by atoms with E-state index in [1.807, 2.05) is 0 Å². The van der Waals surface area contributed by atoms with Crippen LogP contribution in [0.25, 0.3) is 0 Å². The van der Waals surface area contributed by atoms with Crippen molar-refractivity contribution in [2.45, 2.75) is 79.1 Å². The maximum atomic E-state index is 2.33. The number of nitrogens with zero attached hydrogens (tertiary/aromatic N) is 1. The summed E-state index contributed by atoms with van der Waals surface area (Å²) in [5, 5.41) is 0. The third kappa shape index (κ3) is 12.4. The van der Waals surface area contributed by atoms with Gasteiger partial charge in [-0.15, -0.1) is 0 Å². The number of hydrogen-bond donors (Lipinski definition) is 0. The summed E-state index contributed by atoms with van der Waals surface area (Å²) in [5.41, 5.74) is 0. The van der Waals surface area contributed by atoms with Gasteiger partial charge in [0.05, 0.1) is 26.2 Å².